The van der Waals surface area contributed by atoms with Crippen molar-refractivity contribution in [2.45, 2.75) is 39.8 Å². The fourth-order valence-corrected chi connectivity index (χ4v) is 4.38. The molecular formula is C23H31N9O2. The third-order valence-corrected chi connectivity index (χ3v) is 5.96. The van der Waals surface area contributed by atoms with Crippen LogP contribution in [0, 0.1) is 6.92 Å². The molecule has 4 aromatic heterocycles. The smallest absolute Gasteiger partial charge is 0.203 e. The molecule has 1 N–H and O–H groups in total. The van der Waals surface area contributed by atoms with Crippen LogP contribution in [-0.2, 0) is 9.47 Å². The van der Waals surface area contributed by atoms with E-state index in [0.29, 0.717) is 31.3 Å². The predicted molar refractivity (Wildman–Crippen MR) is 130 cm³/mol. The summed E-state index contributed by atoms with van der Waals surface area (Å²) in [5.74, 6) is 3.14. The Bertz CT molecular complexity index is 1310. The molecule has 0 saturated carbocycles. The number of hydrogen-bond donors (Lipinski definition) is 1. The highest BCUT2D eigenvalue weighted by atomic mass is 16.5. The fourth-order valence-electron chi connectivity index (χ4n) is 4.38. The van der Waals surface area contributed by atoms with Crippen molar-refractivity contribution in [2.75, 3.05) is 50.2 Å². The van der Waals surface area contributed by atoms with Crippen LogP contribution in [0.5, 0.6) is 0 Å². The second-order valence-corrected chi connectivity index (χ2v) is 8.96. The SMILES string of the molecule is COC[C@@H](C)n1c(-c2cn3c(C)nnc3c(NC(C)C)n2)nc2cnc(N3CCOCC3)cc21. The van der Waals surface area contributed by atoms with E-state index in [0.717, 1.165) is 47.3 Å². The first kappa shape index (κ1) is 22.5. The fraction of sp³-hybridized carbons (Fsp3) is 0.522. The number of nitrogens with one attached hydrogen (secondary N) is 1. The minimum atomic E-state index is 0.0333. The van der Waals surface area contributed by atoms with Gasteiger partial charge in [-0.1, -0.05) is 0 Å². The Morgan fingerprint density at radius 1 is 1.15 bits per heavy atom. The number of methoxy groups -OCH3 is 1. The Morgan fingerprint density at radius 3 is 2.68 bits per heavy atom. The van der Waals surface area contributed by atoms with Crippen LogP contribution in [0.25, 0.3) is 28.2 Å². The van der Waals surface area contributed by atoms with E-state index in [2.05, 4.69) is 51.8 Å². The van der Waals surface area contributed by atoms with Gasteiger partial charge in [-0.25, -0.2) is 15.0 Å². The molecule has 0 radical (unpaired) electrons. The number of pyridine rings is 1. The lowest BCUT2D eigenvalue weighted by molar-refractivity contribution is 0.122. The van der Waals surface area contributed by atoms with Gasteiger partial charge in [0.1, 0.15) is 22.9 Å². The molecule has 4 aromatic rings. The molecule has 1 aliphatic rings. The van der Waals surface area contributed by atoms with Gasteiger partial charge in [-0.2, -0.15) is 0 Å². The minimum Gasteiger partial charge on any atom is -0.383 e. The first-order valence-corrected chi connectivity index (χ1v) is 11.6. The lowest BCUT2D eigenvalue weighted by Crippen LogP contribution is -2.36. The highest BCUT2D eigenvalue weighted by Gasteiger charge is 2.23. The summed E-state index contributed by atoms with van der Waals surface area (Å²) in [5.41, 5.74) is 3.23. The van der Waals surface area contributed by atoms with Gasteiger partial charge in [0, 0.05) is 38.5 Å². The number of anilines is 2. The third kappa shape index (κ3) is 4.05. The van der Waals surface area contributed by atoms with Gasteiger partial charge in [-0.3, -0.25) is 4.40 Å². The van der Waals surface area contributed by atoms with Gasteiger partial charge in [0.05, 0.1) is 37.6 Å². The quantitative estimate of drug-likeness (QED) is 0.441. The zero-order chi connectivity index (χ0) is 23.8. The molecule has 5 rings (SSSR count). The van der Waals surface area contributed by atoms with Gasteiger partial charge in [0.2, 0.25) is 5.65 Å². The average molecular weight is 466 g/mol. The molecule has 1 saturated heterocycles. The molecule has 0 bridgehead atoms. The lowest BCUT2D eigenvalue weighted by atomic mass is 10.3. The Labute approximate surface area is 198 Å². The molecule has 11 heteroatoms. The number of hydrogen-bond acceptors (Lipinski definition) is 9. The molecule has 1 aliphatic heterocycles. The minimum absolute atomic E-state index is 0.0333. The number of nitrogens with zero attached hydrogens (tertiary/aromatic N) is 8. The summed E-state index contributed by atoms with van der Waals surface area (Å²) in [7, 11) is 1.71. The van der Waals surface area contributed by atoms with Crippen LogP contribution >= 0.6 is 0 Å². The maximum Gasteiger partial charge on any atom is 0.203 e. The second-order valence-electron chi connectivity index (χ2n) is 8.96. The van der Waals surface area contributed by atoms with E-state index in [1.54, 1.807) is 7.11 Å². The molecular weight excluding hydrogens is 434 g/mol. The summed E-state index contributed by atoms with van der Waals surface area (Å²) in [4.78, 5) is 16.8. The van der Waals surface area contributed by atoms with Crippen molar-refractivity contribution in [3.05, 3.63) is 24.3 Å². The van der Waals surface area contributed by atoms with E-state index in [4.69, 9.17) is 24.4 Å². The van der Waals surface area contributed by atoms with Crippen molar-refractivity contribution < 1.29 is 9.47 Å². The maximum atomic E-state index is 5.52. The topological polar surface area (TPSA) is 108 Å². The van der Waals surface area contributed by atoms with Crippen LogP contribution in [0.3, 0.4) is 0 Å². The Kier molecular flexibility index (Phi) is 6.05. The predicted octanol–water partition coefficient (Wildman–Crippen LogP) is 2.71. The largest absolute Gasteiger partial charge is 0.383 e. The third-order valence-electron chi connectivity index (χ3n) is 5.96. The zero-order valence-corrected chi connectivity index (χ0v) is 20.3. The molecule has 34 heavy (non-hydrogen) atoms. The molecule has 1 fully saturated rings. The number of rotatable bonds is 7. The zero-order valence-electron chi connectivity index (χ0n) is 20.3. The number of morpholine rings is 1. The van der Waals surface area contributed by atoms with Crippen LogP contribution in [0.15, 0.2) is 18.5 Å². The van der Waals surface area contributed by atoms with Gasteiger partial charge in [-0.15, -0.1) is 10.2 Å². The van der Waals surface area contributed by atoms with Gasteiger partial charge < -0.3 is 24.3 Å². The standard InChI is InChI=1S/C23H31N9O2/c1-14(2)25-21-23-29-28-16(4)31(23)12-18(26-21)22-27-17-11-24-20(30-6-8-34-9-7-30)10-19(17)32(22)15(3)13-33-5/h10-12,14-15H,6-9,13H2,1-5H3,(H,25,26)/t15-/m1/s1. The number of ether oxygens (including phenoxy) is 2. The van der Waals surface area contributed by atoms with E-state index in [1.807, 2.05) is 23.7 Å². The monoisotopic (exact) mass is 465 g/mol. The normalized spacial score (nSPS) is 15.5. The number of fused-ring (bicyclic) bond motifs is 2. The Morgan fingerprint density at radius 2 is 1.94 bits per heavy atom. The van der Waals surface area contributed by atoms with E-state index in [-0.39, 0.29) is 12.1 Å². The molecule has 1 atom stereocenters. The summed E-state index contributed by atoms with van der Waals surface area (Å²) in [6, 6.07) is 2.33. The number of aryl methyl sites for hydroxylation is 1. The van der Waals surface area contributed by atoms with Gasteiger partial charge >= 0.3 is 0 Å². The summed E-state index contributed by atoms with van der Waals surface area (Å²) in [6.45, 7) is 11.8. The van der Waals surface area contributed by atoms with E-state index in [1.165, 1.54) is 0 Å². The van der Waals surface area contributed by atoms with Crippen LogP contribution in [0.4, 0.5) is 11.6 Å². The van der Waals surface area contributed by atoms with Crippen molar-refractivity contribution in [2.24, 2.45) is 0 Å². The first-order valence-electron chi connectivity index (χ1n) is 11.6. The number of aromatic nitrogens is 7. The average Bonchev–Trinajstić information content (AvgIpc) is 3.40. The van der Waals surface area contributed by atoms with E-state index in [9.17, 15) is 0 Å². The van der Waals surface area contributed by atoms with Crippen molar-refractivity contribution in [3.8, 4) is 11.5 Å². The van der Waals surface area contributed by atoms with Crippen LogP contribution in [0.1, 0.15) is 32.6 Å². The Balaban J connectivity index is 1.70. The Hall–Kier alpha value is -3.31. The van der Waals surface area contributed by atoms with E-state index >= 15 is 0 Å². The molecule has 0 aliphatic carbocycles. The maximum absolute atomic E-state index is 5.52. The van der Waals surface area contributed by atoms with E-state index < -0.39 is 0 Å². The van der Waals surface area contributed by atoms with Crippen molar-refractivity contribution in [3.63, 3.8) is 0 Å². The van der Waals surface area contributed by atoms with Crippen molar-refractivity contribution >= 4 is 28.3 Å². The molecule has 180 valence electrons. The highest BCUT2D eigenvalue weighted by molar-refractivity contribution is 5.82. The molecule has 0 aromatic carbocycles. The van der Waals surface area contributed by atoms with Crippen LogP contribution in [-0.4, -0.2) is 80.2 Å². The lowest BCUT2D eigenvalue weighted by Gasteiger charge is -2.28. The molecule has 0 unspecified atom stereocenters. The summed E-state index contributed by atoms with van der Waals surface area (Å²) in [6.07, 6.45) is 3.79. The van der Waals surface area contributed by atoms with Gasteiger partial charge in [0.25, 0.3) is 0 Å². The summed E-state index contributed by atoms with van der Waals surface area (Å²) in [5, 5.41) is 12.0. The van der Waals surface area contributed by atoms with Crippen LogP contribution < -0.4 is 10.2 Å². The van der Waals surface area contributed by atoms with Crippen molar-refractivity contribution in [1.29, 1.82) is 0 Å². The highest BCUT2D eigenvalue weighted by Crippen LogP contribution is 2.31. The summed E-state index contributed by atoms with van der Waals surface area (Å²) < 4.78 is 15.2. The van der Waals surface area contributed by atoms with Gasteiger partial charge in [0.15, 0.2) is 11.6 Å². The second kappa shape index (κ2) is 9.15. The molecule has 11 nitrogen and oxygen atoms in total. The molecule has 0 amide bonds. The van der Waals surface area contributed by atoms with Crippen LogP contribution in [0.2, 0.25) is 0 Å². The van der Waals surface area contributed by atoms with Crippen molar-refractivity contribution in [1.82, 2.24) is 34.1 Å². The summed E-state index contributed by atoms with van der Waals surface area (Å²) >= 11 is 0. The molecule has 0 spiro atoms. The number of imidazole rings is 1. The molecule has 5 heterocycles. The van der Waals surface area contributed by atoms with Gasteiger partial charge in [-0.05, 0) is 27.7 Å². The first-order chi connectivity index (χ1) is 16.5.